The lowest BCUT2D eigenvalue weighted by molar-refractivity contribution is 0.0952. The van der Waals surface area contributed by atoms with E-state index in [0.717, 1.165) is 35.0 Å². The van der Waals surface area contributed by atoms with Crippen LogP contribution in [0.2, 0.25) is 0 Å². The van der Waals surface area contributed by atoms with Crippen molar-refractivity contribution in [2.45, 2.75) is 25.7 Å². The third-order valence-corrected chi connectivity index (χ3v) is 4.83. The van der Waals surface area contributed by atoms with Crippen LogP contribution in [0.4, 0.5) is 0 Å². The molecule has 3 rings (SSSR count). The zero-order valence-corrected chi connectivity index (χ0v) is 15.8. The van der Waals surface area contributed by atoms with Gasteiger partial charge < -0.3 is 9.84 Å². The summed E-state index contributed by atoms with van der Waals surface area (Å²) in [5.41, 5.74) is 0.557. The van der Waals surface area contributed by atoms with E-state index in [-0.39, 0.29) is 5.91 Å². The van der Waals surface area contributed by atoms with E-state index in [0.29, 0.717) is 23.8 Å². The van der Waals surface area contributed by atoms with Gasteiger partial charge in [-0.3, -0.25) is 9.78 Å². The Morgan fingerprint density at radius 2 is 2.20 bits per heavy atom. The minimum absolute atomic E-state index is 0.105. The van der Waals surface area contributed by atoms with Crippen molar-refractivity contribution in [3.05, 3.63) is 51.9 Å². The van der Waals surface area contributed by atoms with Gasteiger partial charge in [-0.1, -0.05) is 17.6 Å². The van der Waals surface area contributed by atoms with Gasteiger partial charge in [-0.2, -0.15) is 4.98 Å². The molecule has 0 unspecified atom stereocenters. The van der Waals surface area contributed by atoms with E-state index >= 15 is 0 Å². The van der Waals surface area contributed by atoms with Crippen molar-refractivity contribution in [1.82, 2.24) is 20.4 Å². The number of aryl methyl sites for hydroxylation is 1. The van der Waals surface area contributed by atoms with Crippen molar-refractivity contribution < 1.29 is 9.32 Å². The summed E-state index contributed by atoms with van der Waals surface area (Å²) in [6, 6.07) is 5.69. The number of nitrogens with one attached hydrogen (secondary N) is 1. The summed E-state index contributed by atoms with van der Waals surface area (Å²) in [6.45, 7) is 0.635. The molecule has 0 radical (unpaired) electrons. The number of thiophene rings is 1. The number of pyridine rings is 1. The maximum Gasteiger partial charge on any atom is 0.252 e. The zero-order valence-electron chi connectivity index (χ0n) is 13.4. The number of hydrogen-bond donors (Lipinski definition) is 1. The summed E-state index contributed by atoms with van der Waals surface area (Å²) in [5.74, 6) is 1.21. The smallest absolute Gasteiger partial charge is 0.252 e. The van der Waals surface area contributed by atoms with E-state index < -0.39 is 0 Å². The standard InChI is InChI=1S/C17H17BrN4O2S/c18-13-9-12(10-19-11-13)17(23)20-7-3-1-2-6-15-21-16(22-24-15)14-5-4-8-25-14/h4-5,8-11H,1-3,6-7H2,(H,20,23). The van der Waals surface area contributed by atoms with Gasteiger partial charge in [0.25, 0.3) is 5.91 Å². The van der Waals surface area contributed by atoms with Gasteiger partial charge in [-0.25, -0.2) is 0 Å². The molecule has 0 bridgehead atoms. The highest BCUT2D eigenvalue weighted by molar-refractivity contribution is 9.10. The summed E-state index contributed by atoms with van der Waals surface area (Å²) >= 11 is 4.90. The monoisotopic (exact) mass is 420 g/mol. The van der Waals surface area contributed by atoms with Crippen LogP contribution in [-0.2, 0) is 6.42 Å². The summed E-state index contributed by atoms with van der Waals surface area (Å²) in [6.07, 6.45) is 6.79. The fraction of sp³-hybridized carbons (Fsp3) is 0.294. The second-order valence-electron chi connectivity index (χ2n) is 5.45. The summed E-state index contributed by atoms with van der Waals surface area (Å²) < 4.78 is 6.06. The maximum atomic E-state index is 12.0. The minimum Gasteiger partial charge on any atom is -0.352 e. The summed E-state index contributed by atoms with van der Waals surface area (Å²) in [7, 11) is 0. The first-order valence-electron chi connectivity index (χ1n) is 7.97. The number of rotatable bonds is 8. The van der Waals surface area contributed by atoms with E-state index in [1.165, 1.54) is 0 Å². The molecule has 3 heterocycles. The van der Waals surface area contributed by atoms with Gasteiger partial charge in [-0.05, 0) is 46.3 Å². The predicted octanol–water partition coefficient (Wildman–Crippen LogP) is 4.10. The van der Waals surface area contributed by atoms with Crippen LogP contribution in [0.15, 0.2) is 45.0 Å². The quantitative estimate of drug-likeness (QED) is 0.554. The van der Waals surface area contributed by atoms with Crippen molar-refractivity contribution in [2.75, 3.05) is 6.54 Å². The molecule has 0 saturated heterocycles. The summed E-state index contributed by atoms with van der Waals surface area (Å²) in [5, 5.41) is 8.88. The Hall–Kier alpha value is -2.06. The minimum atomic E-state index is -0.105. The third kappa shape index (κ3) is 5.20. The first-order valence-corrected chi connectivity index (χ1v) is 9.65. The number of nitrogens with zero attached hydrogens (tertiary/aromatic N) is 3. The van der Waals surface area contributed by atoms with Gasteiger partial charge in [0.05, 0.1) is 10.4 Å². The second kappa shape index (κ2) is 8.87. The van der Waals surface area contributed by atoms with Crippen LogP contribution < -0.4 is 5.32 Å². The van der Waals surface area contributed by atoms with E-state index in [9.17, 15) is 4.79 Å². The largest absolute Gasteiger partial charge is 0.352 e. The van der Waals surface area contributed by atoms with Crippen molar-refractivity contribution in [3.8, 4) is 10.7 Å². The normalized spacial score (nSPS) is 10.8. The first-order chi connectivity index (χ1) is 12.2. The number of amides is 1. The van der Waals surface area contributed by atoms with Crippen molar-refractivity contribution in [1.29, 1.82) is 0 Å². The van der Waals surface area contributed by atoms with Gasteiger partial charge in [-0.15, -0.1) is 11.3 Å². The molecule has 0 aliphatic heterocycles. The predicted molar refractivity (Wildman–Crippen MR) is 99.4 cm³/mol. The molecular formula is C17H17BrN4O2S. The topological polar surface area (TPSA) is 80.9 Å². The highest BCUT2D eigenvalue weighted by Gasteiger charge is 2.09. The molecule has 130 valence electrons. The van der Waals surface area contributed by atoms with Crippen LogP contribution in [0.5, 0.6) is 0 Å². The van der Waals surface area contributed by atoms with E-state index in [1.807, 2.05) is 17.5 Å². The van der Waals surface area contributed by atoms with Gasteiger partial charge in [0.1, 0.15) is 0 Å². The number of halogens is 1. The molecule has 0 aromatic carbocycles. The van der Waals surface area contributed by atoms with Crippen LogP contribution in [0.25, 0.3) is 10.7 Å². The number of unbranched alkanes of at least 4 members (excludes halogenated alkanes) is 2. The molecule has 1 N–H and O–H groups in total. The number of hydrogen-bond acceptors (Lipinski definition) is 6. The molecule has 0 atom stereocenters. The maximum absolute atomic E-state index is 12.0. The SMILES string of the molecule is O=C(NCCCCCc1nc(-c2cccs2)no1)c1cncc(Br)c1. The fourth-order valence-corrected chi connectivity index (χ4v) is 3.29. The lowest BCUT2D eigenvalue weighted by atomic mass is 10.2. The molecule has 0 aliphatic carbocycles. The van der Waals surface area contributed by atoms with E-state index in [4.69, 9.17) is 4.52 Å². The molecule has 0 fully saturated rings. The zero-order chi connectivity index (χ0) is 17.5. The Morgan fingerprint density at radius 1 is 1.28 bits per heavy atom. The number of aromatic nitrogens is 3. The highest BCUT2D eigenvalue weighted by Crippen LogP contribution is 2.21. The van der Waals surface area contributed by atoms with Gasteiger partial charge in [0.15, 0.2) is 0 Å². The molecule has 6 nitrogen and oxygen atoms in total. The van der Waals surface area contributed by atoms with Gasteiger partial charge in [0, 0.05) is 29.8 Å². The lowest BCUT2D eigenvalue weighted by Gasteiger charge is -2.04. The average Bonchev–Trinajstić information content (AvgIpc) is 3.29. The van der Waals surface area contributed by atoms with E-state index in [2.05, 4.69) is 36.4 Å². The fourth-order valence-electron chi connectivity index (χ4n) is 2.28. The van der Waals surface area contributed by atoms with Crippen LogP contribution >= 0.6 is 27.3 Å². The first kappa shape index (κ1) is 17.8. The Labute approximate surface area is 157 Å². The van der Waals surface area contributed by atoms with Crippen molar-refractivity contribution >= 4 is 33.2 Å². The molecule has 0 saturated carbocycles. The molecule has 1 amide bonds. The van der Waals surface area contributed by atoms with Crippen LogP contribution in [0, 0.1) is 0 Å². The van der Waals surface area contributed by atoms with Crippen molar-refractivity contribution in [3.63, 3.8) is 0 Å². The van der Waals surface area contributed by atoms with Crippen LogP contribution in [0.3, 0.4) is 0 Å². The van der Waals surface area contributed by atoms with Crippen LogP contribution in [-0.4, -0.2) is 27.6 Å². The highest BCUT2D eigenvalue weighted by atomic mass is 79.9. The van der Waals surface area contributed by atoms with Gasteiger partial charge >= 0.3 is 0 Å². The third-order valence-electron chi connectivity index (χ3n) is 3.53. The Bertz CT molecular complexity index is 820. The number of carbonyl (C=O) groups is 1. The molecule has 0 spiro atoms. The van der Waals surface area contributed by atoms with E-state index in [1.54, 1.807) is 29.8 Å². The Kier molecular flexibility index (Phi) is 6.30. The summed E-state index contributed by atoms with van der Waals surface area (Å²) in [4.78, 5) is 21.4. The number of carbonyl (C=O) groups excluding carboxylic acids is 1. The Balaban J connectivity index is 1.33. The average molecular weight is 421 g/mol. The Morgan fingerprint density at radius 3 is 3.00 bits per heavy atom. The molecule has 3 aromatic heterocycles. The molecule has 0 aliphatic rings. The van der Waals surface area contributed by atoms with Crippen LogP contribution in [0.1, 0.15) is 35.5 Å². The lowest BCUT2D eigenvalue weighted by Crippen LogP contribution is -2.24. The molecule has 3 aromatic rings. The molecule has 25 heavy (non-hydrogen) atoms. The van der Waals surface area contributed by atoms with Gasteiger partial charge in [0.2, 0.25) is 11.7 Å². The molecule has 8 heteroatoms. The molecular weight excluding hydrogens is 404 g/mol. The second-order valence-corrected chi connectivity index (χ2v) is 7.31. The van der Waals surface area contributed by atoms with Crippen molar-refractivity contribution in [2.24, 2.45) is 0 Å².